The maximum absolute atomic E-state index is 13.0. The van der Waals surface area contributed by atoms with Gasteiger partial charge in [0.2, 0.25) is 0 Å². The number of aromatic nitrogens is 2. The summed E-state index contributed by atoms with van der Waals surface area (Å²) in [7, 11) is 0. The molecule has 20 heavy (non-hydrogen) atoms. The van der Waals surface area contributed by atoms with Crippen LogP contribution in [0.25, 0.3) is 10.9 Å². The molecule has 8 heteroatoms. The molecule has 3 rings (SSSR count). The van der Waals surface area contributed by atoms with E-state index in [1.54, 1.807) is 18.2 Å². The molecular weight excluding hydrogens is 266 g/mol. The monoisotopic (exact) mass is 278 g/mol. The number of nitrogens with two attached hydrogens (primary N) is 2. The number of aliphatic imine (C=N–C) groups is 1. The Labute approximate surface area is 112 Å². The zero-order valence-electron chi connectivity index (χ0n) is 10.4. The molecule has 0 atom stereocenters. The Bertz CT molecular complexity index is 712. The lowest BCUT2D eigenvalue weighted by Gasteiger charge is -2.21. The quantitative estimate of drug-likeness (QED) is 0.669. The number of halogens is 2. The number of nitrogen functional groups attached to an aromatic ring is 2. The van der Waals surface area contributed by atoms with Crippen LogP contribution in [0.2, 0.25) is 0 Å². The molecule has 0 saturated carbocycles. The highest BCUT2D eigenvalue weighted by atomic mass is 19.3. The number of benzene rings is 1. The number of hydrogen-bond donors (Lipinski definition) is 3. The molecule has 6 nitrogen and oxygen atoms in total. The van der Waals surface area contributed by atoms with Crippen LogP contribution in [0.3, 0.4) is 0 Å². The lowest BCUT2D eigenvalue weighted by Crippen LogP contribution is -2.44. The number of hydrogen-bond acceptors (Lipinski definition) is 6. The van der Waals surface area contributed by atoms with Crippen LogP contribution >= 0.6 is 0 Å². The molecular formula is C12H12F2N6. The van der Waals surface area contributed by atoms with Crippen molar-refractivity contribution in [3.05, 3.63) is 24.0 Å². The maximum Gasteiger partial charge on any atom is 0.284 e. The predicted octanol–water partition coefficient (Wildman–Crippen LogP) is 0.779. The summed E-state index contributed by atoms with van der Waals surface area (Å²) < 4.78 is 26.0. The maximum atomic E-state index is 13.0. The van der Waals surface area contributed by atoms with E-state index in [-0.39, 0.29) is 17.5 Å². The molecule has 1 aromatic heterocycles. The van der Waals surface area contributed by atoms with Gasteiger partial charge in [-0.3, -0.25) is 4.99 Å². The summed E-state index contributed by atoms with van der Waals surface area (Å²) in [5.41, 5.74) is 12.7. The number of amidine groups is 1. The van der Waals surface area contributed by atoms with Gasteiger partial charge in [-0.1, -0.05) is 0 Å². The van der Waals surface area contributed by atoms with Crippen molar-refractivity contribution in [3.8, 4) is 0 Å². The van der Waals surface area contributed by atoms with Crippen molar-refractivity contribution in [1.29, 1.82) is 0 Å². The van der Waals surface area contributed by atoms with E-state index in [1.807, 2.05) is 0 Å². The lowest BCUT2D eigenvalue weighted by molar-refractivity contribution is 0.0126. The van der Waals surface area contributed by atoms with Crippen molar-refractivity contribution in [1.82, 2.24) is 15.3 Å². The molecule has 0 aliphatic carbocycles. The summed E-state index contributed by atoms with van der Waals surface area (Å²) in [6.45, 7) is -1.08. The standard InChI is InChI=1S/C12H12F2N6/c13-12(14)4-17-10(18-5-12)11-19-8-2-1-6(15)3-7(8)9(16)20-11/h1-3H,4-5,15H2,(H,17,18)(H2,16,19,20). The number of alkyl halides is 2. The highest BCUT2D eigenvalue weighted by Gasteiger charge is 2.33. The molecule has 1 aromatic carbocycles. The first-order valence-electron chi connectivity index (χ1n) is 5.94. The van der Waals surface area contributed by atoms with E-state index in [0.717, 1.165) is 0 Å². The number of anilines is 2. The largest absolute Gasteiger partial charge is 0.399 e. The highest BCUT2D eigenvalue weighted by Crippen LogP contribution is 2.22. The number of rotatable bonds is 1. The summed E-state index contributed by atoms with van der Waals surface area (Å²) in [4.78, 5) is 12.1. The number of nitrogens with zero attached hydrogens (tertiary/aromatic N) is 3. The molecule has 104 valence electrons. The second-order valence-electron chi connectivity index (χ2n) is 4.58. The molecule has 1 aliphatic rings. The molecule has 5 N–H and O–H groups in total. The van der Waals surface area contributed by atoms with Gasteiger partial charge in [-0.25, -0.2) is 18.7 Å². The van der Waals surface area contributed by atoms with Crippen LogP contribution in [0.1, 0.15) is 5.82 Å². The fraction of sp³-hybridized carbons (Fsp3) is 0.250. The average molecular weight is 278 g/mol. The van der Waals surface area contributed by atoms with Gasteiger partial charge in [0.25, 0.3) is 5.92 Å². The van der Waals surface area contributed by atoms with E-state index in [9.17, 15) is 8.78 Å². The predicted molar refractivity (Wildman–Crippen MR) is 72.7 cm³/mol. The van der Waals surface area contributed by atoms with Crippen molar-refractivity contribution >= 4 is 28.2 Å². The van der Waals surface area contributed by atoms with Gasteiger partial charge in [0.15, 0.2) is 11.7 Å². The number of fused-ring (bicyclic) bond motifs is 1. The molecule has 0 bridgehead atoms. The molecule has 0 radical (unpaired) electrons. The molecule has 1 aliphatic heterocycles. The van der Waals surface area contributed by atoms with Crippen molar-refractivity contribution in [3.63, 3.8) is 0 Å². The van der Waals surface area contributed by atoms with E-state index in [0.29, 0.717) is 16.6 Å². The van der Waals surface area contributed by atoms with Crippen molar-refractivity contribution in [2.24, 2.45) is 4.99 Å². The Morgan fingerprint density at radius 2 is 2.00 bits per heavy atom. The fourth-order valence-corrected chi connectivity index (χ4v) is 1.94. The Balaban J connectivity index is 2.06. The van der Waals surface area contributed by atoms with Gasteiger partial charge in [0, 0.05) is 11.1 Å². The summed E-state index contributed by atoms with van der Waals surface area (Å²) in [6, 6.07) is 5.05. The van der Waals surface area contributed by atoms with Gasteiger partial charge in [-0.15, -0.1) is 0 Å². The van der Waals surface area contributed by atoms with Gasteiger partial charge in [-0.05, 0) is 18.2 Å². The van der Waals surface area contributed by atoms with Crippen LogP contribution in [-0.4, -0.2) is 34.8 Å². The zero-order chi connectivity index (χ0) is 14.3. The second-order valence-corrected chi connectivity index (χ2v) is 4.58. The van der Waals surface area contributed by atoms with Crippen LogP contribution in [0, 0.1) is 0 Å². The third-order valence-corrected chi connectivity index (χ3v) is 2.94. The van der Waals surface area contributed by atoms with Crippen molar-refractivity contribution in [2.45, 2.75) is 5.92 Å². The van der Waals surface area contributed by atoms with Gasteiger partial charge < -0.3 is 16.8 Å². The fourth-order valence-electron chi connectivity index (χ4n) is 1.94. The van der Waals surface area contributed by atoms with E-state index < -0.39 is 19.0 Å². The Hall–Kier alpha value is -2.51. The molecule has 0 fully saturated rings. The second kappa shape index (κ2) is 4.26. The van der Waals surface area contributed by atoms with Crippen LogP contribution < -0.4 is 16.8 Å². The molecule has 2 aromatic rings. The number of nitrogens with one attached hydrogen (secondary N) is 1. The van der Waals surface area contributed by atoms with Gasteiger partial charge in [-0.2, -0.15) is 0 Å². The normalized spacial score (nSPS) is 17.6. The van der Waals surface area contributed by atoms with Crippen LogP contribution in [0.5, 0.6) is 0 Å². The van der Waals surface area contributed by atoms with Crippen molar-refractivity contribution in [2.75, 3.05) is 24.6 Å². The molecule has 0 spiro atoms. The van der Waals surface area contributed by atoms with E-state index in [2.05, 4.69) is 20.3 Å². The zero-order valence-corrected chi connectivity index (χ0v) is 10.4. The summed E-state index contributed by atoms with van der Waals surface area (Å²) in [5.74, 6) is -2.18. The average Bonchev–Trinajstić information content (AvgIpc) is 2.39. The van der Waals surface area contributed by atoms with E-state index >= 15 is 0 Å². The SMILES string of the molecule is Nc1ccc2nc(C3=NCC(F)(F)CN3)nc(N)c2c1. The van der Waals surface area contributed by atoms with Crippen molar-refractivity contribution < 1.29 is 8.78 Å². The van der Waals surface area contributed by atoms with Crippen LogP contribution in [-0.2, 0) is 0 Å². The first kappa shape index (κ1) is 12.5. The first-order valence-corrected chi connectivity index (χ1v) is 5.94. The summed E-state index contributed by atoms with van der Waals surface area (Å²) >= 11 is 0. The smallest absolute Gasteiger partial charge is 0.284 e. The van der Waals surface area contributed by atoms with E-state index in [1.165, 1.54) is 0 Å². The minimum atomic E-state index is -2.85. The summed E-state index contributed by atoms with van der Waals surface area (Å²) in [6.07, 6.45) is 0. The van der Waals surface area contributed by atoms with E-state index in [4.69, 9.17) is 11.5 Å². The minimum Gasteiger partial charge on any atom is -0.399 e. The first-order chi connectivity index (χ1) is 9.44. The third-order valence-electron chi connectivity index (χ3n) is 2.94. The van der Waals surface area contributed by atoms with Crippen LogP contribution in [0.4, 0.5) is 20.3 Å². The lowest BCUT2D eigenvalue weighted by atomic mass is 10.2. The Morgan fingerprint density at radius 1 is 1.20 bits per heavy atom. The Morgan fingerprint density at radius 3 is 2.70 bits per heavy atom. The molecule has 0 amide bonds. The summed E-state index contributed by atoms with van der Waals surface area (Å²) in [5, 5.41) is 3.14. The molecule has 2 heterocycles. The topological polar surface area (TPSA) is 102 Å². The Kier molecular flexibility index (Phi) is 2.66. The minimum absolute atomic E-state index is 0.204. The molecule has 0 saturated heterocycles. The van der Waals surface area contributed by atoms with Gasteiger partial charge in [0.05, 0.1) is 12.1 Å². The highest BCUT2D eigenvalue weighted by molar-refractivity contribution is 5.99. The van der Waals surface area contributed by atoms with Crippen LogP contribution in [0.15, 0.2) is 23.2 Å². The van der Waals surface area contributed by atoms with Gasteiger partial charge >= 0.3 is 0 Å². The van der Waals surface area contributed by atoms with Gasteiger partial charge in [0.1, 0.15) is 12.4 Å². The molecule has 0 unspecified atom stereocenters. The third kappa shape index (κ3) is 2.20.